The first-order valence-electron chi connectivity index (χ1n) is 24.2. The van der Waals surface area contributed by atoms with Crippen LogP contribution in [0.3, 0.4) is 0 Å². The number of unbranched alkanes of at least 4 members (excludes halogenated alkanes) is 24. The van der Waals surface area contributed by atoms with Crippen LogP contribution in [0.1, 0.15) is 226 Å². The highest BCUT2D eigenvalue weighted by atomic mass is 31.2. The largest absolute Gasteiger partial charge is 0.472 e. The summed E-state index contributed by atoms with van der Waals surface area (Å²) in [4.78, 5) is 48.0. The van der Waals surface area contributed by atoms with E-state index in [1.54, 1.807) is 0 Å². The minimum absolute atomic E-state index is 0.159. The van der Waals surface area contributed by atoms with Crippen LogP contribution in [0.15, 0.2) is 24.3 Å². The second-order valence-corrected chi connectivity index (χ2v) is 17.7. The number of ether oxygens (including phenoxy) is 3. The summed E-state index contributed by atoms with van der Waals surface area (Å²) in [7, 11) is -4.73. The molecule has 3 atom stereocenters. The summed E-state index contributed by atoms with van der Waals surface area (Å²) in [6, 6.07) is 0. The van der Waals surface area contributed by atoms with E-state index < -0.39 is 57.8 Å². The molecule has 12 heteroatoms. The third kappa shape index (κ3) is 41.3. The predicted octanol–water partition coefficient (Wildman–Crippen LogP) is 13.1. The molecule has 2 N–H and O–H groups in total. The lowest BCUT2D eigenvalue weighted by Crippen LogP contribution is -2.30. The minimum atomic E-state index is -4.73. The molecule has 0 fully saturated rings. The molecule has 0 aromatic rings. The lowest BCUT2D eigenvalue weighted by molar-refractivity contribution is -0.161. The van der Waals surface area contributed by atoms with Crippen LogP contribution in [-0.2, 0) is 42.2 Å². The van der Waals surface area contributed by atoms with Crippen LogP contribution in [0.2, 0.25) is 0 Å². The molecule has 0 aromatic heterocycles. The first-order chi connectivity index (χ1) is 29.2. The van der Waals surface area contributed by atoms with Crippen molar-refractivity contribution in [3.8, 4) is 0 Å². The summed E-state index contributed by atoms with van der Waals surface area (Å²) in [5, 5.41) is 9.73. The fourth-order valence-electron chi connectivity index (χ4n) is 6.55. The van der Waals surface area contributed by atoms with E-state index in [-0.39, 0.29) is 25.9 Å². The third-order valence-electron chi connectivity index (χ3n) is 10.3. The summed E-state index contributed by atoms with van der Waals surface area (Å²) in [6.07, 6.45) is 38.7. The highest BCUT2D eigenvalue weighted by Gasteiger charge is 2.28. The number of phosphoric acid groups is 1. The summed E-state index contributed by atoms with van der Waals surface area (Å²) in [6.45, 7) is 4.52. The van der Waals surface area contributed by atoms with Crippen molar-refractivity contribution in [2.24, 2.45) is 0 Å². The number of allylic oxidation sites excluding steroid dienone is 4. The molecule has 0 spiro atoms. The van der Waals surface area contributed by atoms with E-state index in [2.05, 4.69) is 45.1 Å². The first-order valence-corrected chi connectivity index (χ1v) is 25.7. The Balaban J connectivity index is 4.74. The Labute approximate surface area is 366 Å². The van der Waals surface area contributed by atoms with Crippen LogP contribution >= 0.6 is 7.82 Å². The van der Waals surface area contributed by atoms with Crippen LogP contribution < -0.4 is 0 Å². The molecule has 0 saturated carbocycles. The minimum Gasteiger partial charge on any atom is -0.462 e. The molecule has 60 heavy (non-hydrogen) atoms. The molecule has 0 radical (unpaired) electrons. The number of carbonyl (C=O) groups is 3. The molecule has 0 heterocycles. The smallest absolute Gasteiger partial charge is 0.462 e. The molecule has 0 bridgehead atoms. The second kappa shape index (κ2) is 43.6. The van der Waals surface area contributed by atoms with E-state index in [0.717, 1.165) is 96.3 Å². The molecule has 0 aliphatic heterocycles. The van der Waals surface area contributed by atoms with Crippen molar-refractivity contribution in [2.45, 2.75) is 238 Å². The number of hydrogen-bond donors (Lipinski definition) is 2. The van der Waals surface area contributed by atoms with Crippen LogP contribution in [0.4, 0.5) is 0 Å². The van der Waals surface area contributed by atoms with Gasteiger partial charge in [-0.05, 0) is 57.8 Å². The number of hydrogen-bond acceptors (Lipinski definition) is 10. The van der Waals surface area contributed by atoms with Gasteiger partial charge < -0.3 is 24.2 Å². The van der Waals surface area contributed by atoms with E-state index in [4.69, 9.17) is 23.3 Å². The molecule has 0 aliphatic rings. The predicted molar refractivity (Wildman–Crippen MR) is 243 cm³/mol. The van der Waals surface area contributed by atoms with E-state index >= 15 is 0 Å². The van der Waals surface area contributed by atoms with E-state index in [0.29, 0.717) is 19.3 Å². The topological polar surface area (TPSA) is 155 Å². The molecule has 0 rings (SSSR count). The molecule has 0 aliphatic carbocycles. The summed E-state index contributed by atoms with van der Waals surface area (Å²) < 4.78 is 39.2. The highest BCUT2D eigenvalue weighted by Crippen LogP contribution is 2.43. The van der Waals surface area contributed by atoms with Gasteiger partial charge in [-0.2, -0.15) is 0 Å². The standard InChI is InChI=1S/C48H89O11P/c1-4-7-10-13-16-19-22-25-28-31-34-37-46(50)55-41-45(59-48(52)39-36-33-30-27-24-21-18-15-12-9-6-3)43-57-60(53,54)56-42-44(40-49)58-47(51)38-35-32-29-26-23-20-17-14-11-8-5-2/h13,15-16,18,44-45,49H,4-12,14,17,19-43H2,1-3H3,(H,53,54)/b16-13-,18-15-. The van der Waals surface area contributed by atoms with Crippen molar-refractivity contribution >= 4 is 25.7 Å². The Morgan fingerprint density at radius 1 is 0.450 bits per heavy atom. The molecule has 11 nitrogen and oxygen atoms in total. The Morgan fingerprint density at radius 2 is 0.783 bits per heavy atom. The number of phosphoric ester groups is 1. The summed E-state index contributed by atoms with van der Waals surface area (Å²) >= 11 is 0. The van der Waals surface area contributed by atoms with Crippen molar-refractivity contribution in [1.82, 2.24) is 0 Å². The fraction of sp³-hybridized carbons (Fsp3) is 0.854. The second-order valence-electron chi connectivity index (χ2n) is 16.3. The lowest BCUT2D eigenvalue weighted by atomic mass is 10.1. The van der Waals surface area contributed by atoms with Gasteiger partial charge in [-0.3, -0.25) is 23.4 Å². The molecule has 0 aromatic carbocycles. The molecular weight excluding hydrogens is 783 g/mol. The molecule has 3 unspecified atom stereocenters. The maximum Gasteiger partial charge on any atom is 0.472 e. The van der Waals surface area contributed by atoms with Gasteiger partial charge in [0.2, 0.25) is 0 Å². The number of aliphatic hydroxyl groups excluding tert-OH is 1. The maximum atomic E-state index is 12.8. The fourth-order valence-corrected chi connectivity index (χ4v) is 7.34. The Kier molecular flexibility index (Phi) is 42.1. The van der Waals surface area contributed by atoms with E-state index in [1.165, 1.54) is 70.6 Å². The number of esters is 3. The quantitative estimate of drug-likeness (QED) is 0.0197. The average Bonchev–Trinajstić information content (AvgIpc) is 3.23. The number of carbonyl (C=O) groups excluding carboxylic acids is 3. The Bertz CT molecular complexity index is 1110. The maximum absolute atomic E-state index is 12.8. The zero-order chi connectivity index (χ0) is 44.2. The van der Waals surface area contributed by atoms with Crippen LogP contribution in [0.25, 0.3) is 0 Å². The highest BCUT2D eigenvalue weighted by molar-refractivity contribution is 7.47. The monoisotopic (exact) mass is 873 g/mol. The number of aliphatic hydroxyl groups is 1. The number of rotatable bonds is 45. The van der Waals surface area contributed by atoms with Gasteiger partial charge in [-0.1, -0.05) is 173 Å². The lowest BCUT2D eigenvalue weighted by Gasteiger charge is -2.21. The third-order valence-corrected chi connectivity index (χ3v) is 11.3. The normalized spacial score (nSPS) is 13.8. The van der Waals surface area contributed by atoms with Gasteiger partial charge in [0.25, 0.3) is 0 Å². The molecule has 0 saturated heterocycles. The summed E-state index contributed by atoms with van der Waals surface area (Å²) in [5.41, 5.74) is 0. The van der Waals surface area contributed by atoms with Gasteiger partial charge in [0, 0.05) is 19.3 Å². The zero-order valence-electron chi connectivity index (χ0n) is 38.4. The van der Waals surface area contributed by atoms with Crippen LogP contribution in [0, 0.1) is 0 Å². The average molecular weight is 873 g/mol. The van der Waals surface area contributed by atoms with Gasteiger partial charge in [0.05, 0.1) is 19.8 Å². The van der Waals surface area contributed by atoms with E-state index in [9.17, 15) is 28.9 Å². The molecular formula is C48H89O11P. The SMILES string of the molecule is CCCC/C=C\CCCCCCCC(=O)OCC(COP(=O)(O)OCC(CO)OC(=O)CCCCCCCCCCCCC)OC(=O)CCCCCCC/C=C\CCCC. The molecule has 0 amide bonds. The van der Waals surface area contributed by atoms with Crippen LogP contribution in [0.5, 0.6) is 0 Å². The van der Waals surface area contributed by atoms with Gasteiger partial charge in [-0.15, -0.1) is 0 Å². The summed E-state index contributed by atoms with van der Waals surface area (Å²) in [5.74, 6) is -1.48. The zero-order valence-corrected chi connectivity index (χ0v) is 39.3. The van der Waals surface area contributed by atoms with Crippen molar-refractivity contribution in [3.63, 3.8) is 0 Å². The van der Waals surface area contributed by atoms with Gasteiger partial charge in [0.15, 0.2) is 6.10 Å². The molecule has 352 valence electrons. The van der Waals surface area contributed by atoms with Crippen molar-refractivity contribution in [2.75, 3.05) is 26.4 Å². The Hall–Kier alpha value is -2.04. The van der Waals surface area contributed by atoms with E-state index in [1.807, 2.05) is 0 Å². The Morgan fingerprint density at radius 3 is 1.20 bits per heavy atom. The van der Waals surface area contributed by atoms with Gasteiger partial charge >= 0.3 is 25.7 Å². The van der Waals surface area contributed by atoms with Crippen molar-refractivity contribution < 1.29 is 52.2 Å². The first kappa shape index (κ1) is 58.0. The van der Waals surface area contributed by atoms with Gasteiger partial charge in [0.1, 0.15) is 12.7 Å². The van der Waals surface area contributed by atoms with Crippen molar-refractivity contribution in [1.29, 1.82) is 0 Å². The van der Waals surface area contributed by atoms with Crippen molar-refractivity contribution in [3.05, 3.63) is 24.3 Å². The van der Waals surface area contributed by atoms with Gasteiger partial charge in [-0.25, -0.2) is 4.57 Å². The van der Waals surface area contributed by atoms with Crippen LogP contribution in [-0.4, -0.2) is 66.5 Å².